The van der Waals surface area contributed by atoms with E-state index in [2.05, 4.69) is 10.2 Å². The average Bonchev–Trinajstić information content (AvgIpc) is 3.15. The fraction of sp³-hybridized carbons (Fsp3) is 0.450. The number of nitrogens with one attached hydrogen (secondary N) is 1. The molecule has 4 rings (SSSR count). The van der Waals surface area contributed by atoms with E-state index in [4.69, 9.17) is 5.11 Å². The number of alkyl halides is 3. The van der Waals surface area contributed by atoms with Gasteiger partial charge in [-0.15, -0.1) is 0 Å². The van der Waals surface area contributed by atoms with Crippen molar-refractivity contribution < 1.29 is 36.6 Å². The predicted octanol–water partition coefficient (Wildman–Crippen LogP) is 3.76. The van der Waals surface area contributed by atoms with Crippen molar-refractivity contribution >= 4 is 12.0 Å². The summed E-state index contributed by atoms with van der Waals surface area (Å²) < 4.78 is 67.6. The molecule has 172 valence electrons. The summed E-state index contributed by atoms with van der Waals surface area (Å²) >= 11 is 0. The van der Waals surface area contributed by atoms with Crippen LogP contribution < -0.4 is 0 Å². The first-order valence-corrected chi connectivity index (χ1v) is 9.95. The van der Waals surface area contributed by atoms with Crippen LogP contribution in [0.2, 0.25) is 0 Å². The molecule has 0 atom stereocenters. The molecule has 1 aromatic heterocycles. The second-order valence-corrected chi connectivity index (χ2v) is 7.90. The monoisotopic (exact) mass is 458 g/mol. The standard InChI is InChI=1S/C20H19F5N4O3/c21-11-7-13(16(14(22)8-11)20(23,24)25)10-1-4-28(5-2-10)18(30)17-12-3-6-29(19(31)32)9-15(12)26-27-17/h7-8,10H,1-6,9H2,(H,26,27)(H,31,32). The number of hydrogen-bond acceptors (Lipinski definition) is 3. The minimum Gasteiger partial charge on any atom is -0.465 e. The van der Waals surface area contributed by atoms with Gasteiger partial charge in [-0.05, 0) is 36.8 Å². The summed E-state index contributed by atoms with van der Waals surface area (Å²) in [5, 5.41) is 15.8. The first kappa shape index (κ1) is 22.0. The summed E-state index contributed by atoms with van der Waals surface area (Å²) in [6.07, 6.45) is -5.51. The Hall–Kier alpha value is -3.18. The number of aromatic amines is 1. The van der Waals surface area contributed by atoms with Crippen molar-refractivity contribution in [2.45, 2.75) is 37.9 Å². The van der Waals surface area contributed by atoms with Gasteiger partial charge in [-0.3, -0.25) is 9.89 Å². The summed E-state index contributed by atoms with van der Waals surface area (Å²) in [5.74, 6) is -3.89. The van der Waals surface area contributed by atoms with Gasteiger partial charge < -0.3 is 14.9 Å². The van der Waals surface area contributed by atoms with E-state index in [1.54, 1.807) is 0 Å². The molecule has 0 saturated carbocycles. The van der Waals surface area contributed by atoms with Gasteiger partial charge in [0, 0.05) is 31.3 Å². The molecule has 1 fully saturated rings. The molecule has 0 spiro atoms. The molecule has 0 bridgehead atoms. The molecule has 2 aliphatic rings. The van der Waals surface area contributed by atoms with Gasteiger partial charge in [-0.1, -0.05) is 0 Å². The Labute approximate surface area is 178 Å². The summed E-state index contributed by atoms with van der Waals surface area (Å²) in [7, 11) is 0. The number of carbonyl (C=O) groups excluding carboxylic acids is 1. The molecule has 12 heteroatoms. The van der Waals surface area contributed by atoms with Gasteiger partial charge in [0.2, 0.25) is 0 Å². The van der Waals surface area contributed by atoms with Crippen LogP contribution in [0.4, 0.5) is 26.7 Å². The number of halogens is 5. The zero-order chi connectivity index (χ0) is 23.2. The number of likely N-dealkylation sites (tertiary alicyclic amines) is 1. The number of carboxylic acid groups (broad SMARTS) is 1. The fourth-order valence-electron chi connectivity index (χ4n) is 4.42. The average molecular weight is 458 g/mol. The summed E-state index contributed by atoms with van der Waals surface area (Å²) in [5.41, 5.74) is -0.583. The van der Waals surface area contributed by atoms with Gasteiger partial charge in [-0.25, -0.2) is 13.6 Å². The van der Waals surface area contributed by atoms with Crippen LogP contribution in [0.1, 0.15) is 51.6 Å². The molecule has 1 aromatic carbocycles. The number of benzene rings is 1. The van der Waals surface area contributed by atoms with Crippen LogP contribution in [-0.2, 0) is 19.1 Å². The molecule has 0 unspecified atom stereocenters. The van der Waals surface area contributed by atoms with E-state index in [-0.39, 0.29) is 50.8 Å². The third kappa shape index (κ3) is 4.00. The minimum atomic E-state index is -4.96. The van der Waals surface area contributed by atoms with Crippen LogP contribution in [-0.4, -0.2) is 56.7 Å². The maximum absolute atomic E-state index is 13.9. The predicted molar refractivity (Wildman–Crippen MR) is 100.0 cm³/mol. The lowest BCUT2D eigenvalue weighted by molar-refractivity contribution is -0.141. The molecule has 2 aliphatic heterocycles. The third-order valence-corrected chi connectivity index (χ3v) is 6.00. The van der Waals surface area contributed by atoms with Gasteiger partial charge in [0.05, 0.1) is 17.8 Å². The molecule has 2 aromatic rings. The fourth-order valence-corrected chi connectivity index (χ4v) is 4.42. The molecule has 3 heterocycles. The van der Waals surface area contributed by atoms with E-state index in [1.165, 1.54) is 9.80 Å². The number of hydrogen-bond donors (Lipinski definition) is 2. The van der Waals surface area contributed by atoms with Crippen LogP contribution in [0.15, 0.2) is 12.1 Å². The van der Waals surface area contributed by atoms with E-state index >= 15 is 0 Å². The Bertz CT molecular complexity index is 1060. The van der Waals surface area contributed by atoms with Gasteiger partial charge >= 0.3 is 12.3 Å². The van der Waals surface area contributed by atoms with E-state index in [0.717, 1.165) is 0 Å². The first-order chi connectivity index (χ1) is 15.1. The maximum Gasteiger partial charge on any atom is 0.419 e. The number of nitrogens with zero attached hydrogens (tertiary/aromatic N) is 3. The van der Waals surface area contributed by atoms with Crippen molar-refractivity contribution in [3.63, 3.8) is 0 Å². The van der Waals surface area contributed by atoms with Crippen LogP contribution in [0.25, 0.3) is 0 Å². The van der Waals surface area contributed by atoms with Crippen molar-refractivity contribution in [3.8, 4) is 0 Å². The van der Waals surface area contributed by atoms with Crippen molar-refractivity contribution in [2.75, 3.05) is 19.6 Å². The molecule has 2 N–H and O–H groups in total. The van der Waals surface area contributed by atoms with Crippen LogP contribution in [0, 0.1) is 11.6 Å². The highest BCUT2D eigenvalue weighted by Gasteiger charge is 2.40. The second-order valence-electron chi connectivity index (χ2n) is 7.90. The topological polar surface area (TPSA) is 89.5 Å². The van der Waals surface area contributed by atoms with Crippen LogP contribution >= 0.6 is 0 Å². The van der Waals surface area contributed by atoms with E-state index in [0.29, 0.717) is 23.7 Å². The van der Waals surface area contributed by atoms with E-state index in [1.807, 2.05) is 0 Å². The number of amides is 2. The third-order valence-electron chi connectivity index (χ3n) is 6.00. The molecular formula is C20H19F5N4O3. The lowest BCUT2D eigenvalue weighted by Crippen LogP contribution is -2.39. The molecular weight excluding hydrogens is 439 g/mol. The number of rotatable bonds is 2. The van der Waals surface area contributed by atoms with E-state index < -0.39 is 46.9 Å². The Kier molecular flexibility index (Phi) is 5.55. The summed E-state index contributed by atoms with van der Waals surface area (Å²) in [6, 6.07) is 0.934. The molecule has 0 radical (unpaired) electrons. The van der Waals surface area contributed by atoms with Crippen LogP contribution in [0.5, 0.6) is 0 Å². The zero-order valence-electron chi connectivity index (χ0n) is 16.7. The minimum absolute atomic E-state index is 0.0817. The van der Waals surface area contributed by atoms with Crippen molar-refractivity contribution in [2.24, 2.45) is 0 Å². The number of aromatic nitrogens is 2. The summed E-state index contributed by atoms with van der Waals surface area (Å²) in [4.78, 5) is 26.7. The molecule has 32 heavy (non-hydrogen) atoms. The normalized spacial score (nSPS) is 17.4. The smallest absolute Gasteiger partial charge is 0.419 e. The lowest BCUT2D eigenvalue weighted by atomic mass is 9.85. The van der Waals surface area contributed by atoms with Crippen molar-refractivity contribution in [1.82, 2.24) is 20.0 Å². The largest absolute Gasteiger partial charge is 0.465 e. The van der Waals surface area contributed by atoms with Gasteiger partial charge in [0.15, 0.2) is 5.69 Å². The van der Waals surface area contributed by atoms with Gasteiger partial charge in [0.25, 0.3) is 5.91 Å². The van der Waals surface area contributed by atoms with Crippen LogP contribution in [0.3, 0.4) is 0 Å². The van der Waals surface area contributed by atoms with Gasteiger partial charge in [0.1, 0.15) is 11.6 Å². The quantitative estimate of drug-likeness (QED) is 0.671. The first-order valence-electron chi connectivity index (χ1n) is 9.95. The van der Waals surface area contributed by atoms with Gasteiger partial charge in [-0.2, -0.15) is 18.3 Å². The molecule has 2 amide bonds. The van der Waals surface area contributed by atoms with Crippen molar-refractivity contribution in [1.29, 1.82) is 0 Å². The number of H-pyrrole nitrogens is 1. The Balaban J connectivity index is 1.49. The molecule has 7 nitrogen and oxygen atoms in total. The zero-order valence-corrected chi connectivity index (χ0v) is 16.7. The number of fused-ring (bicyclic) bond motifs is 1. The molecule has 1 saturated heterocycles. The Morgan fingerprint density at radius 1 is 1.09 bits per heavy atom. The van der Waals surface area contributed by atoms with E-state index in [9.17, 15) is 31.5 Å². The van der Waals surface area contributed by atoms with Crippen molar-refractivity contribution in [3.05, 3.63) is 51.8 Å². The highest BCUT2D eigenvalue weighted by atomic mass is 19.4. The Morgan fingerprint density at radius 2 is 1.78 bits per heavy atom. The lowest BCUT2D eigenvalue weighted by Gasteiger charge is -2.33. The highest BCUT2D eigenvalue weighted by molar-refractivity contribution is 5.94. The Morgan fingerprint density at radius 3 is 2.41 bits per heavy atom. The second kappa shape index (κ2) is 8.06. The highest BCUT2D eigenvalue weighted by Crippen LogP contribution is 2.41. The maximum atomic E-state index is 13.9. The number of piperidine rings is 1. The SMILES string of the molecule is O=C(O)N1CCc2c(C(=O)N3CCC(c4cc(F)cc(F)c4C(F)(F)F)CC3)n[nH]c2C1. The molecule has 0 aliphatic carbocycles. The number of carbonyl (C=O) groups is 2. The summed E-state index contributed by atoms with van der Waals surface area (Å²) in [6.45, 7) is 0.498.